The molecule has 1 aromatic carbocycles. The smallest absolute Gasteiger partial charge is 0.105 e. The van der Waals surface area contributed by atoms with Gasteiger partial charge in [-0.25, -0.2) is 4.98 Å². The molecule has 1 atom stereocenters. The van der Waals surface area contributed by atoms with Crippen LogP contribution in [0.5, 0.6) is 0 Å². The van der Waals surface area contributed by atoms with Crippen LogP contribution in [0.15, 0.2) is 42.9 Å². The topological polar surface area (TPSA) is 52.1 Å². The summed E-state index contributed by atoms with van der Waals surface area (Å²) in [6.07, 6.45) is 2.94. The van der Waals surface area contributed by atoms with E-state index in [1.165, 1.54) is 5.56 Å². The van der Waals surface area contributed by atoms with Gasteiger partial charge in [0.05, 0.1) is 6.33 Å². The zero-order valence-electron chi connectivity index (χ0n) is 9.87. The molecule has 0 aliphatic carbocycles. The minimum atomic E-state index is -0.487. The van der Waals surface area contributed by atoms with Crippen LogP contribution < -0.4 is 0 Å². The highest BCUT2D eigenvalue weighted by molar-refractivity contribution is 5.14. The highest BCUT2D eigenvalue weighted by Crippen LogP contribution is 2.10. The summed E-state index contributed by atoms with van der Waals surface area (Å²) in [5.41, 5.74) is 2.19. The maximum absolute atomic E-state index is 9.76. The van der Waals surface area contributed by atoms with Gasteiger partial charge >= 0.3 is 0 Å². The Balaban J connectivity index is 2.03. The summed E-state index contributed by atoms with van der Waals surface area (Å²) in [6, 6.07) is 10.1. The van der Waals surface area contributed by atoms with Crippen molar-refractivity contribution in [3.05, 3.63) is 54.1 Å². The van der Waals surface area contributed by atoms with E-state index in [0.29, 0.717) is 6.54 Å². The maximum Gasteiger partial charge on any atom is 0.105 e. The molecule has 2 rings (SSSR count). The Bertz CT molecular complexity index is 425. The molecule has 1 unspecified atom stereocenters. The van der Waals surface area contributed by atoms with Gasteiger partial charge in [0.15, 0.2) is 0 Å². The van der Waals surface area contributed by atoms with Crippen molar-refractivity contribution in [3.8, 4) is 0 Å². The highest BCUT2D eigenvalue weighted by Gasteiger charge is 2.12. The third-order valence-corrected chi connectivity index (χ3v) is 2.69. The van der Waals surface area contributed by atoms with Gasteiger partial charge in [-0.2, -0.15) is 0 Å². The maximum atomic E-state index is 9.76. The van der Waals surface area contributed by atoms with Gasteiger partial charge in [0, 0.05) is 25.0 Å². The normalized spacial score (nSPS) is 12.9. The molecule has 0 saturated heterocycles. The predicted molar refractivity (Wildman–Crippen MR) is 66.0 cm³/mol. The van der Waals surface area contributed by atoms with Gasteiger partial charge < -0.3 is 10.1 Å². The van der Waals surface area contributed by atoms with Crippen molar-refractivity contribution in [2.45, 2.75) is 26.2 Å². The molecule has 0 radical (unpaired) electrons. The van der Waals surface area contributed by atoms with Crippen molar-refractivity contribution in [1.29, 1.82) is 0 Å². The fraction of sp³-hybridized carbons (Fsp3) is 0.308. The van der Waals surface area contributed by atoms with E-state index in [1.54, 1.807) is 19.4 Å². The van der Waals surface area contributed by atoms with Crippen LogP contribution in [-0.2, 0) is 13.1 Å². The van der Waals surface area contributed by atoms with Crippen LogP contribution in [0.2, 0.25) is 0 Å². The lowest BCUT2D eigenvalue weighted by atomic mass is 10.2. The number of aromatic amines is 1. The SMILES string of the molecule is CC(O)N(Cc1ccccc1)Cc1cnc[nH]1. The molecule has 90 valence electrons. The van der Waals surface area contributed by atoms with E-state index in [4.69, 9.17) is 0 Å². The molecular formula is C13H17N3O. The minimum absolute atomic E-state index is 0.487. The van der Waals surface area contributed by atoms with Gasteiger partial charge in [0.2, 0.25) is 0 Å². The number of nitrogens with zero attached hydrogens (tertiary/aromatic N) is 2. The van der Waals surface area contributed by atoms with E-state index in [9.17, 15) is 5.11 Å². The first-order valence-corrected chi connectivity index (χ1v) is 5.69. The second kappa shape index (κ2) is 5.61. The summed E-state index contributed by atoms with van der Waals surface area (Å²) in [6.45, 7) is 3.16. The molecule has 0 spiro atoms. The Morgan fingerprint density at radius 2 is 2.06 bits per heavy atom. The number of benzene rings is 1. The molecular weight excluding hydrogens is 214 g/mol. The lowest BCUT2D eigenvalue weighted by Gasteiger charge is -2.24. The summed E-state index contributed by atoms with van der Waals surface area (Å²) in [5.74, 6) is 0. The monoisotopic (exact) mass is 231 g/mol. The lowest BCUT2D eigenvalue weighted by Crippen LogP contribution is -2.31. The predicted octanol–water partition coefficient (Wildman–Crippen LogP) is 1.75. The Kier molecular flexibility index (Phi) is 3.90. The number of imidazole rings is 1. The Morgan fingerprint density at radius 3 is 2.65 bits per heavy atom. The third-order valence-electron chi connectivity index (χ3n) is 2.69. The number of hydrogen-bond acceptors (Lipinski definition) is 3. The zero-order chi connectivity index (χ0) is 12.1. The molecule has 0 fully saturated rings. The minimum Gasteiger partial charge on any atom is -0.379 e. The number of rotatable bonds is 5. The number of aliphatic hydroxyl groups is 1. The van der Waals surface area contributed by atoms with E-state index in [0.717, 1.165) is 12.2 Å². The number of H-pyrrole nitrogens is 1. The van der Waals surface area contributed by atoms with E-state index in [2.05, 4.69) is 22.1 Å². The van der Waals surface area contributed by atoms with E-state index >= 15 is 0 Å². The largest absolute Gasteiger partial charge is 0.379 e. The molecule has 2 aromatic rings. The highest BCUT2D eigenvalue weighted by atomic mass is 16.3. The van der Waals surface area contributed by atoms with Gasteiger partial charge in [0.25, 0.3) is 0 Å². The van der Waals surface area contributed by atoms with Crippen molar-refractivity contribution < 1.29 is 5.11 Å². The molecule has 4 heteroatoms. The van der Waals surface area contributed by atoms with Crippen molar-refractivity contribution in [1.82, 2.24) is 14.9 Å². The van der Waals surface area contributed by atoms with Crippen LogP contribution in [0.25, 0.3) is 0 Å². The second-order valence-electron chi connectivity index (χ2n) is 4.10. The van der Waals surface area contributed by atoms with Gasteiger partial charge in [-0.3, -0.25) is 4.90 Å². The standard InChI is InChI=1S/C13H17N3O/c1-11(17)16(9-13-7-14-10-15-13)8-12-5-3-2-4-6-12/h2-7,10-11,17H,8-9H2,1H3,(H,14,15). The second-order valence-corrected chi connectivity index (χ2v) is 4.10. The Labute approximate surface area is 101 Å². The average Bonchev–Trinajstić information content (AvgIpc) is 2.82. The van der Waals surface area contributed by atoms with Gasteiger partial charge in [-0.05, 0) is 12.5 Å². The molecule has 4 nitrogen and oxygen atoms in total. The quantitative estimate of drug-likeness (QED) is 0.771. The first-order chi connectivity index (χ1) is 8.25. The molecule has 17 heavy (non-hydrogen) atoms. The first-order valence-electron chi connectivity index (χ1n) is 5.69. The lowest BCUT2D eigenvalue weighted by molar-refractivity contribution is 0.00573. The first kappa shape index (κ1) is 11.8. The van der Waals surface area contributed by atoms with Crippen LogP contribution in [0.4, 0.5) is 0 Å². The molecule has 0 aliphatic rings. The van der Waals surface area contributed by atoms with Crippen LogP contribution in [0, 0.1) is 0 Å². The van der Waals surface area contributed by atoms with Crippen molar-refractivity contribution in [2.75, 3.05) is 0 Å². The molecule has 0 saturated carbocycles. The summed E-state index contributed by atoms with van der Waals surface area (Å²) in [7, 11) is 0. The van der Waals surface area contributed by atoms with Crippen LogP contribution in [-0.4, -0.2) is 26.2 Å². The van der Waals surface area contributed by atoms with Gasteiger partial charge in [-0.1, -0.05) is 30.3 Å². The van der Waals surface area contributed by atoms with Crippen LogP contribution >= 0.6 is 0 Å². The molecule has 2 N–H and O–H groups in total. The summed E-state index contributed by atoms with van der Waals surface area (Å²) >= 11 is 0. The van der Waals surface area contributed by atoms with E-state index < -0.39 is 6.23 Å². The summed E-state index contributed by atoms with van der Waals surface area (Å²) < 4.78 is 0. The Morgan fingerprint density at radius 1 is 1.29 bits per heavy atom. The van der Waals surface area contributed by atoms with Crippen LogP contribution in [0.1, 0.15) is 18.2 Å². The molecule has 1 aromatic heterocycles. The Hall–Kier alpha value is -1.65. The summed E-state index contributed by atoms with van der Waals surface area (Å²) in [5, 5.41) is 9.76. The summed E-state index contributed by atoms with van der Waals surface area (Å²) in [4.78, 5) is 9.00. The fourth-order valence-corrected chi connectivity index (χ4v) is 1.73. The zero-order valence-corrected chi connectivity index (χ0v) is 9.87. The van der Waals surface area contributed by atoms with E-state index in [1.807, 2.05) is 23.1 Å². The molecule has 1 heterocycles. The van der Waals surface area contributed by atoms with E-state index in [-0.39, 0.29) is 0 Å². The van der Waals surface area contributed by atoms with Gasteiger partial charge in [-0.15, -0.1) is 0 Å². The number of nitrogens with one attached hydrogen (secondary N) is 1. The number of aliphatic hydroxyl groups excluding tert-OH is 1. The number of aromatic nitrogens is 2. The van der Waals surface area contributed by atoms with Crippen molar-refractivity contribution >= 4 is 0 Å². The third kappa shape index (κ3) is 3.41. The molecule has 0 bridgehead atoms. The van der Waals surface area contributed by atoms with Crippen molar-refractivity contribution in [2.24, 2.45) is 0 Å². The molecule has 0 aliphatic heterocycles. The van der Waals surface area contributed by atoms with Gasteiger partial charge in [0.1, 0.15) is 6.23 Å². The van der Waals surface area contributed by atoms with Crippen LogP contribution in [0.3, 0.4) is 0 Å². The van der Waals surface area contributed by atoms with Crippen molar-refractivity contribution in [3.63, 3.8) is 0 Å². The number of hydrogen-bond donors (Lipinski definition) is 2. The fourth-order valence-electron chi connectivity index (χ4n) is 1.73. The molecule has 0 amide bonds. The average molecular weight is 231 g/mol.